The lowest BCUT2D eigenvalue weighted by molar-refractivity contribution is -0.123. The fourth-order valence-corrected chi connectivity index (χ4v) is 2.88. The fraction of sp³-hybridized carbons (Fsp3) is 0.364. The predicted octanol–water partition coefficient (Wildman–Crippen LogP) is 3.44. The Kier molecular flexibility index (Phi) is 7.08. The summed E-state index contributed by atoms with van der Waals surface area (Å²) in [7, 11) is 1.55. The summed E-state index contributed by atoms with van der Waals surface area (Å²) in [6.45, 7) is 2.79. The van der Waals surface area contributed by atoms with E-state index in [4.69, 9.17) is 18.9 Å². The number of methoxy groups -OCH3 is 1. The highest BCUT2D eigenvalue weighted by Gasteiger charge is 2.20. The molecule has 154 valence electrons. The number of anilines is 1. The van der Waals surface area contributed by atoms with Crippen LogP contribution in [0, 0.1) is 0 Å². The normalized spacial score (nSPS) is 16.7. The van der Waals surface area contributed by atoms with Gasteiger partial charge in [0.2, 0.25) is 0 Å². The minimum absolute atomic E-state index is 0.128. The monoisotopic (exact) mass is 399 g/mol. The lowest BCUT2D eigenvalue weighted by atomic mass is 10.2. The largest absolute Gasteiger partial charge is 0.497 e. The first-order chi connectivity index (χ1) is 14.0. The summed E-state index contributed by atoms with van der Waals surface area (Å²) in [6.07, 6.45) is 1.23. The average molecular weight is 399 g/mol. The standard InChI is InChI=1S/C22H25NO6/c1-15(21(24)23-17-5-3-6-19(13-17)26-2)29-22(25)16-8-10-18(11-9-16)28-14-20-7-4-12-27-20/h3,5-6,8-11,13,15,20H,4,7,12,14H2,1-2H3,(H,23,24)/t15-,20+/m0/s1. The van der Waals surface area contributed by atoms with E-state index in [2.05, 4.69) is 5.32 Å². The van der Waals surface area contributed by atoms with Crippen LogP contribution >= 0.6 is 0 Å². The third kappa shape index (κ3) is 5.96. The van der Waals surface area contributed by atoms with Crippen molar-refractivity contribution in [3.8, 4) is 11.5 Å². The number of carbonyl (C=O) groups is 2. The van der Waals surface area contributed by atoms with Crippen molar-refractivity contribution in [1.82, 2.24) is 0 Å². The molecule has 1 N–H and O–H groups in total. The smallest absolute Gasteiger partial charge is 0.338 e. The molecule has 1 fully saturated rings. The van der Waals surface area contributed by atoms with Crippen molar-refractivity contribution in [3.05, 3.63) is 54.1 Å². The molecule has 1 saturated heterocycles. The van der Waals surface area contributed by atoms with Gasteiger partial charge in [-0.05, 0) is 56.2 Å². The molecule has 0 spiro atoms. The molecule has 2 aromatic rings. The van der Waals surface area contributed by atoms with Gasteiger partial charge in [-0.1, -0.05) is 6.07 Å². The molecule has 0 saturated carbocycles. The van der Waals surface area contributed by atoms with Gasteiger partial charge < -0.3 is 24.3 Å². The Hall–Kier alpha value is -3.06. The van der Waals surface area contributed by atoms with Crippen molar-refractivity contribution < 1.29 is 28.5 Å². The van der Waals surface area contributed by atoms with Crippen molar-refractivity contribution >= 4 is 17.6 Å². The molecule has 1 heterocycles. The first-order valence-corrected chi connectivity index (χ1v) is 9.55. The number of benzene rings is 2. The van der Waals surface area contributed by atoms with Crippen LogP contribution in [0.1, 0.15) is 30.1 Å². The molecular weight excluding hydrogens is 374 g/mol. The van der Waals surface area contributed by atoms with Gasteiger partial charge in [0.25, 0.3) is 5.91 Å². The molecule has 0 radical (unpaired) electrons. The van der Waals surface area contributed by atoms with Gasteiger partial charge in [-0.25, -0.2) is 4.79 Å². The van der Waals surface area contributed by atoms with Gasteiger partial charge in [0.05, 0.1) is 18.8 Å². The van der Waals surface area contributed by atoms with Crippen LogP contribution in [0.3, 0.4) is 0 Å². The summed E-state index contributed by atoms with van der Waals surface area (Å²) >= 11 is 0. The molecule has 2 aromatic carbocycles. The summed E-state index contributed by atoms with van der Waals surface area (Å²) in [6, 6.07) is 13.6. The van der Waals surface area contributed by atoms with Crippen LogP contribution in [0.15, 0.2) is 48.5 Å². The maximum Gasteiger partial charge on any atom is 0.338 e. The van der Waals surface area contributed by atoms with E-state index in [9.17, 15) is 9.59 Å². The molecule has 0 aromatic heterocycles. The highest BCUT2D eigenvalue weighted by Crippen LogP contribution is 2.19. The summed E-state index contributed by atoms with van der Waals surface area (Å²) in [4.78, 5) is 24.6. The number of esters is 1. The zero-order valence-corrected chi connectivity index (χ0v) is 16.6. The van der Waals surface area contributed by atoms with Crippen molar-refractivity contribution in [3.63, 3.8) is 0 Å². The van der Waals surface area contributed by atoms with Gasteiger partial charge >= 0.3 is 5.97 Å². The molecule has 1 aliphatic rings. The predicted molar refractivity (Wildman–Crippen MR) is 107 cm³/mol. The van der Waals surface area contributed by atoms with Crippen molar-refractivity contribution in [1.29, 1.82) is 0 Å². The van der Waals surface area contributed by atoms with E-state index in [1.165, 1.54) is 6.92 Å². The van der Waals surface area contributed by atoms with Crippen LogP contribution in [-0.4, -0.2) is 44.4 Å². The van der Waals surface area contributed by atoms with Crippen LogP contribution in [0.2, 0.25) is 0 Å². The maximum atomic E-state index is 12.3. The molecule has 0 bridgehead atoms. The molecule has 2 atom stereocenters. The van der Waals surface area contributed by atoms with Crippen LogP contribution < -0.4 is 14.8 Å². The van der Waals surface area contributed by atoms with Gasteiger partial charge in [0.15, 0.2) is 6.10 Å². The van der Waals surface area contributed by atoms with Crippen LogP contribution in [-0.2, 0) is 14.3 Å². The van der Waals surface area contributed by atoms with E-state index in [1.54, 1.807) is 55.6 Å². The van der Waals surface area contributed by atoms with E-state index < -0.39 is 18.0 Å². The second kappa shape index (κ2) is 9.93. The first kappa shape index (κ1) is 20.7. The molecule has 0 aliphatic carbocycles. The molecule has 7 heteroatoms. The minimum atomic E-state index is -0.954. The van der Waals surface area contributed by atoms with Crippen LogP contribution in [0.5, 0.6) is 11.5 Å². The molecule has 3 rings (SSSR count). The molecule has 1 amide bonds. The highest BCUT2D eigenvalue weighted by molar-refractivity contribution is 5.97. The zero-order valence-electron chi connectivity index (χ0n) is 16.6. The Labute approximate surface area is 169 Å². The van der Waals surface area contributed by atoms with Gasteiger partial charge in [0, 0.05) is 18.4 Å². The van der Waals surface area contributed by atoms with E-state index >= 15 is 0 Å². The topological polar surface area (TPSA) is 83.1 Å². The summed E-state index contributed by atoms with van der Waals surface area (Å²) < 4.78 is 21.6. The Morgan fingerprint density at radius 3 is 2.66 bits per heavy atom. The number of ether oxygens (including phenoxy) is 4. The van der Waals surface area contributed by atoms with Gasteiger partial charge in [0.1, 0.15) is 18.1 Å². The van der Waals surface area contributed by atoms with Gasteiger partial charge in [-0.15, -0.1) is 0 Å². The maximum absolute atomic E-state index is 12.3. The number of hydrogen-bond acceptors (Lipinski definition) is 6. The number of nitrogens with one attached hydrogen (secondary N) is 1. The summed E-state index contributed by atoms with van der Waals surface area (Å²) in [5.74, 6) is 0.266. The van der Waals surface area contributed by atoms with Crippen molar-refractivity contribution in [2.75, 3.05) is 25.6 Å². The number of rotatable bonds is 8. The Morgan fingerprint density at radius 1 is 1.17 bits per heavy atom. The fourth-order valence-electron chi connectivity index (χ4n) is 2.88. The van der Waals surface area contributed by atoms with Crippen LogP contribution in [0.25, 0.3) is 0 Å². The van der Waals surface area contributed by atoms with E-state index in [-0.39, 0.29) is 6.10 Å². The first-order valence-electron chi connectivity index (χ1n) is 9.55. The molecular formula is C22H25NO6. The summed E-state index contributed by atoms with van der Waals surface area (Å²) in [5, 5.41) is 2.70. The lowest BCUT2D eigenvalue weighted by Crippen LogP contribution is -2.30. The number of hydrogen-bond donors (Lipinski definition) is 1. The Bertz CT molecular complexity index is 829. The Balaban J connectivity index is 1.49. The third-order valence-electron chi connectivity index (χ3n) is 4.54. The molecule has 29 heavy (non-hydrogen) atoms. The second-order valence-electron chi connectivity index (χ2n) is 6.74. The lowest BCUT2D eigenvalue weighted by Gasteiger charge is -2.14. The molecule has 1 aliphatic heterocycles. The minimum Gasteiger partial charge on any atom is -0.497 e. The SMILES string of the molecule is COc1cccc(NC(=O)[C@H](C)OC(=O)c2ccc(OC[C@H]3CCCO3)cc2)c1. The average Bonchev–Trinajstić information content (AvgIpc) is 3.26. The Morgan fingerprint density at radius 2 is 1.97 bits per heavy atom. The highest BCUT2D eigenvalue weighted by atomic mass is 16.5. The van der Waals surface area contributed by atoms with Gasteiger partial charge in [-0.3, -0.25) is 4.79 Å². The molecule has 0 unspecified atom stereocenters. The quantitative estimate of drug-likeness (QED) is 0.685. The van der Waals surface area contributed by atoms with E-state index in [0.717, 1.165) is 19.4 Å². The zero-order chi connectivity index (χ0) is 20.6. The molecule has 7 nitrogen and oxygen atoms in total. The van der Waals surface area contributed by atoms with Gasteiger partial charge in [-0.2, -0.15) is 0 Å². The van der Waals surface area contributed by atoms with Crippen molar-refractivity contribution in [2.24, 2.45) is 0 Å². The van der Waals surface area contributed by atoms with E-state index in [0.29, 0.717) is 29.4 Å². The second-order valence-corrected chi connectivity index (χ2v) is 6.74. The summed E-state index contributed by atoms with van der Waals surface area (Å²) in [5.41, 5.74) is 0.903. The third-order valence-corrected chi connectivity index (χ3v) is 4.54. The number of carbonyl (C=O) groups excluding carboxylic acids is 2. The van der Waals surface area contributed by atoms with Crippen LogP contribution in [0.4, 0.5) is 5.69 Å². The van der Waals surface area contributed by atoms with E-state index in [1.807, 2.05) is 0 Å². The number of amides is 1. The van der Waals surface area contributed by atoms with Crippen molar-refractivity contribution in [2.45, 2.75) is 32.0 Å².